The SMILES string of the molecule is O=C1NC(=S)S/C1=C\c1cc(-c2cc3ccccc3o2)ccc1OCc1ccccc1. The van der Waals surface area contributed by atoms with Crippen LogP contribution >= 0.6 is 24.0 Å². The summed E-state index contributed by atoms with van der Waals surface area (Å²) in [6.07, 6.45) is 1.81. The summed E-state index contributed by atoms with van der Waals surface area (Å²) in [5.74, 6) is 1.25. The second-order valence-electron chi connectivity index (χ2n) is 7.03. The van der Waals surface area contributed by atoms with Gasteiger partial charge in [-0.3, -0.25) is 4.79 Å². The van der Waals surface area contributed by atoms with Gasteiger partial charge in [0.2, 0.25) is 0 Å². The largest absolute Gasteiger partial charge is 0.488 e. The number of benzene rings is 3. The summed E-state index contributed by atoms with van der Waals surface area (Å²) in [5.41, 5.74) is 3.59. The van der Waals surface area contributed by atoms with Crippen LogP contribution < -0.4 is 10.1 Å². The van der Waals surface area contributed by atoms with Crippen LogP contribution in [-0.2, 0) is 11.4 Å². The fourth-order valence-electron chi connectivity index (χ4n) is 3.37. The van der Waals surface area contributed by atoms with Crippen LogP contribution in [0.25, 0.3) is 28.4 Å². The quantitative estimate of drug-likeness (QED) is 0.295. The molecule has 1 aliphatic rings. The van der Waals surface area contributed by atoms with E-state index in [-0.39, 0.29) is 5.91 Å². The number of thiocarbonyl (C=S) groups is 1. The Balaban J connectivity index is 1.53. The van der Waals surface area contributed by atoms with E-state index in [1.807, 2.05) is 84.9 Å². The predicted octanol–water partition coefficient (Wildman–Crippen LogP) is 6.17. The number of furan rings is 1. The first-order valence-electron chi connectivity index (χ1n) is 9.70. The van der Waals surface area contributed by atoms with Crippen LogP contribution in [0.2, 0.25) is 0 Å². The van der Waals surface area contributed by atoms with Crippen LogP contribution in [0.1, 0.15) is 11.1 Å². The summed E-state index contributed by atoms with van der Waals surface area (Å²) in [6.45, 7) is 0.429. The second-order valence-corrected chi connectivity index (χ2v) is 8.75. The smallest absolute Gasteiger partial charge is 0.263 e. The van der Waals surface area contributed by atoms with Crippen LogP contribution in [0.3, 0.4) is 0 Å². The molecule has 4 aromatic rings. The zero-order chi connectivity index (χ0) is 21.2. The number of rotatable bonds is 5. The van der Waals surface area contributed by atoms with Crippen molar-refractivity contribution in [1.29, 1.82) is 0 Å². The molecule has 152 valence electrons. The fourth-order valence-corrected chi connectivity index (χ4v) is 4.40. The number of nitrogens with one attached hydrogen (secondary N) is 1. The molecule has 0 unspecified atom stereocenters. The van der Waals surface area contributed by atoms with Crippen LogP contribution in [-0.4, -0.2) is 10.2 Å². The van der Waals surface area contributed by atoms with E-state index in [1.165, 1.54) is 11.8 Å². The molecule has 0 saturated carbocycles. The van der Waals surface area contributed by atoms with E-state index in [4.69, 9.17) is 21.4 Å². The average molecular weight is 444 g/mol. The number of hydrogen-bond acceptors (Lipinski definition) is 5. The minimum absolute atomic E-state index is 0.196. The van der Waals surface area contributed by atoms with Crippen molar-refractivity contribution in [2.45, 2.75) is 6.61 Å². The molecule has 0 bridgehead atoms. The van der Waals surface area contributed by atoms with Gasteiger partial charge in [-0.15, -0.1) is 0 Å². The molecule has 1 fully saturated rings. The van der Waals surface area contributed by atoms with Gasteiger partial charge in [-0.1, -0.05) is 72.5 Å². The fraction of sp³-hybridized carbons (Fsp3) is 0.0400. The summed E-state index contributed by atoms with van der Waals surface area (Å²) in [7, 11) is 0. The highest BCUT2D eigenvalue weighted by atomic mass is 32.2. The van der Waals surface area contributed by atoms with Gasteiger partial charge in [0.25, 0.3) is 5.91 Å². The third-order valence-corrected chi connectivity index (χ3v) is 6.05. The number of para-hydroxylation sites is 1. The van der Waals surface area contributed by atoms with Crippen LogP contribution in [0.15, 0.2) is 88.2 Å². The molecule has 31 heavy (non-hydrogen) atoms. The van der Waals surface area contributed by atoms with E-state index in [0.29, 0.717) is 21.6 Å². The predicted molar refractivity (Wildman–Crippen MR) is 129 cm³/mol. The highest BCUT2D eigenvalue weighted by Crippen LogP contribution is 2.34. The van der Waals surface area contributed by atoms with Crippen LogP contribution in [0, 0.1) is 0 Å². The van der Waals surface area contributed by atoms with E-state index in [2.05, 4.69) is 5.32 Å². The highest BCUT2D eigenvalue weighted by Gasteiger charge is 2.23. The minimum atomic E-state index is -0.196. The maximum absolute atomic E-state index is 12.2. The van der Waals surface area contributed by atoms with Crippen LogP contribution in [0.4, 0.5) is 0 Å². The monoisotopic (exact) mass is 443 g/mol. The van der Waals surface area contributed by atoms with E-state index in [1.54, 1.807) is 0 Å². The molecule has 3 aromatic carbocycles. The second kappa shape index (κ2) is 8.41. The summed E-state index contributed by atoms with van der Waals surface area (Å²) >= 11 is 6.37. The number of ether oxygens (including phenoxy) is 1. The zero-order valence-corrected chi connectivity index (χ0v) is 18.0. The van der Waals surface area contributed by atoms with Crippen molar-refractivity contribution in [2.75, 3.05) is 0 Å². The highest BCUT2D eigenvalue weighted by molar-refractivity contribution is 8.26. The Kier molecular flexibility index (Phi) is 5.32. The Bertz CT molecular complexity index is 1290. The maximum Gasteiger partial charge on any atom is 0.263 e. The van der Waals surface area contributed by atoms with Gasteiger partial charge >= 0.3 is 0 Å². The summed E-state index contributed by atoms with van der Waals surface area (Å²) in [4.78, 5) is 12.7. The molecule has 4 nitrogen and oxygen atoms in total. The lowest BCUT2D eigenvalue weighted by molar-refractivity contribution is -0.115. The lowest BCUT2D eigenvalue weighted by Gasteiger charge is -2.11. The van der Waals surface area contributed by atoms with E-state index in [9.17, 15) is 4.79 Å². The van der Waals surface area contributed by atoms with Crippen molar-refractivity contribution < 1.29 is 13.9 Å². The van der Waals surface area contributed by atoms with Crippen molar-refractivity contribution in [3.8, 4) is 17.1 Å². The number of thioether (sulfide) groups is 1. The Labute approximate surface area is 188 Å². The molecule has 0 radical (unpaired) electrons. The van der Waals surface area contributed by atoms with Crippen molar-refractivity contribution in [3.05, 3.63) is 94.9 Å². The molecule has 5 rings (SSSR count). The molecule has 1 saturated heterocycles. The first-order chi connectivity index (χ1) is 15.2. The maximum atomic E-state index is 12.2. The number of carbonyl (C=O) groups is 1. The van der Waals surface area contributed by atoms with Crippen molar-refractivity contribution in [3.63, 3.8) is 0 Å². The Morgan fingerprint density at radius 1 is 1.00 bits per heavy atom. The third-order valence-electron chi connectivity index (χ3n) is 4.89. The topological polar surface area (TPSA) is 51.5 Å². The first-order valence-corrected chi connectivity index (χ1v) is 10.9. The van der Waals surface area contributed by atoms with Crippen molar-refractivity contribution in [1.82, 2.24) is 5.32 Å². The molecule has 0 spiro atoms. The number of carbonyl (C=O) groups excluding carboxylic acids is 1. The van der Waals surface area contributed by atoms with Gasteiger partial charge < -0.3 is 14.5 Å². The molecule has 1 amide bonds. The average Bonchev–Trinajstić information content (AvgIpc) is 3.36. The lowest BCUT2D eigenvalue weighted by atomic mass is 10.1. The van der Waals surface area contributed by atoms with E-state index in [0.717, 1.165) is 33.4 Å². The van der Waals surface area contributed by atoms with Gasteiger partial charge in [-0.25, -0.2) is 0 Å². The van der Waals surface area contributed by atoms with Crippen LogP contribution in [0.5, 0.6) is 5.75 Å². The molecule has 2 heterocycles. The first kappa shape index (κ1) is 19.6. The van der Waals surface area contributed by atoms with Gasteiger partial charge in [0.15, 0.2) is 0 Å². The molecule has 1 N–H and O–H groups in total. The summed E-state index contributed by atoms with van der Waals surface area (Å²) in [5, 5.41) is 3.70. The normalized spacial score (nSPS) is 14.9. The standard InChI is InChI=1S/C25H17NO3S2/c27-24-23(31-25(30)26-24)14-19-12-18(22-13-17-8-4-5-9-21(17)29-22)10-11-20(19)28-15-16-6-2-1-3-7-16/h1-14H,15H2,(H,26,27,30)/b23-14-. The molecule has 6 heteroatoms. The van der Waals surface area contributed by atoms with Gasteiger partial charge in [0, 0.05) is 16.5 Å². The lowest BCUT2D eigenvalue weighted by Crippen LogP contribution is -2.17. The zero-order valence-electron chi connectivity index (χ0n) is 16.3. The minimum Gasteiger partial charge on any atom is -0.488 e. The number of hydrogen-bond donors (Lipinski definition) is 1. The number of amides is 1. The molecule has 1 aromatic heterocycles. The number of fused-ring (bicyclic) bond motifs is 1. The third kappa shape index (κ3) is 4.26. The molecular formula is C25H17NO3S2. The van der Waals surface area contributed by atoms with E-state index >= 15 is 0 Å². The van der Waals surface area contributed by atoms with Gasteiger partial charge in [-0.2, -0.15) is 0 Å². The van der Waals surface area contributed by atoms with Gasteiger partial charge in [0.1, 0.15) is 28.0 Å². The molecular weight excluding hydrogens is 426 g/mol. The van der Waals surface area contributed by atoms with Gasteiger partial charge in [-0.05, 0) is 42.0 Å². The Morgan fingerprint density at radius 3 is 2.58 bits per heavy atom. The Hall–Kier alpha value is -3.35. The summed E-state index contributed by atoms with van der Waals surface area (Å²) < 4.78 is 12.6. The van der Waals surface area contributed by atoms with Crippen molar-refractivity contribution >= 4 is 51.3 Å². The van der Waals surface area contributed by atoms with Gasteiger partial charge in [0.05, 0.1) is 4.91 Å². The molecule has 1 aliphatic heterocycles. The van der Waals surface area contributed by atoms with E-state index < -0.39 is 0 Å². The van der Waals surface area contributed by atoms with Crippen molar-refractivity contribution in [2.24, 2.45) is 0 Å². The molecule has 0 atom stereocenters. The summed E-state index contributed by atoms with van der Waals surface area (Å²) in [6, 6.07) is 25.7. The Morgan fingerprint density at radius 2 is 1.81 bits per heavy atom. The molecule has 0 aliphatic carbocycles.